The SMILES string of the molecule is C=CC(=O)Nc1ccc(C(=O)N2CCC[C@@H](Nc3ncc4ccc(S(C)(=O)=O)cc4n3)C2)cc1. The van der Waals surface area contributed by atoms with E-state index < -0.39 is 9.84 Å². The highest BCUT2D eigenvalue weighted by atomic mass is 32.2. The van der Waals surface area contributed by atoms with Gasteiger partial charge in [-0.1, -0.05) is 6.58 Å². The van der Waals surface area contributed by atoms with Crippen molar-refractivity contribution in [2.24, 2.45) is 0 Å². The van der Waals surface area contributed by atoms with Crippen LogP contribution in [-0.4, -0.2) is 60.5 Å². The van der Waals surface area contributed by atoms with Crippen molar-refractivity contribution in [2.45, 2.75) is 23.8 Å². The molecule has 1 saturated heterocycles. The van der Waals surface area contributed by atoms with Gasteiger partial charge < -0.3 is 15.5 Å². The lowest BCUT2D eigenvalue weighted by atomic mass is 10.0. The number of carbonyl (C=O) groups excluding carboxylic acids is 2. The second kappa shape index (κ2) is 9.60. The zero-order valence-corrected chi connectivity index (χ0v) is 19.5. The van der Waals surface area contributed by atoms with Crippen molar-refractivity contribution in [3.8, 4) is 0 Å². The van der Waals surface area contributed by atoms with E-state index in [4.69, 9.17) is 0 Å². The van der Waals surface area contributed by atoms with E-state index in [0.717, 1.165) is 24.5 Å². The molecule has 3 aromatic rings. The van der Waals surface area contributed by atoms with Gasteiger partial charge >= 0.3 is 0 Å². The van der Waals surface area contributed by atoms with Crippen LogP contribution < -0.4 is 10.6 Å². The van der Waals surface area contributed by atoms with Crippen LogP contribution in [0.25, 0.3) is 10.9 Å². The summed E-state index contributed by atoms with van der Waals surface area (Å²) in [5.74, 6) is -0.0161. The summed E-state index contributed by atoms with van der Waals surface area (Å²) in [5.41, 5.74) is 1.66. The van der Waals surface area contributed by atoms with Gasteiger partial charge in [0.1, 0.15) is 0 Å². The fourth-order valence-electron chi connectivity index (χ4n) is 3.84. The summed E-state index contributed by atoms with van der Waals surface area (Å²) >= 11 is 0. The third-order valence-corrected chi connectivity index (χ3v) is 6.72. The van der Waals surface area contributed by atoms with E-state index in [2.05, 4.69) is 27.2 Å². The van der Waals surface area contributed by atoms with Crippen molar-refractivity contribution in [2.75, 3.05) is 30.0 Å². The average molecular weight is 480 g/mol. The number of sulfone groups is 1. The van der Waals surface area contributed by atoms with Gasteiger partial charge in [0, 0.05) is 48.2 Å². The Morgan fingerprint density at radius 2 is 1.94 bits per heavy atom. The number of amides is 2. The summed E-state index contributed by atoms with van der Waals surface area (Å²) in [5, 5.41) is 6.68. The molecule has 1 aliphatic heterocycles. The molecule has 0 spiro atoms. The largest absolute Gasteiger partial charge is 0.350 e. The number of benzene rings is 2. The van der Waals surface area contributed by atoms with E-state index in [1.165, 1.54) is 12.1 Å². The topological polar surface area (TPSA) is 121 Å². The van der Waals surface area contributed by atoms with Gasteiger partial charge in [-0.05, 0) is 61.4 Å². The fraction of sp³-hybridized carbons (Fsp3) is 0.250. The third-order valence-electron chi connectivity index (χ3n) is 5.61. The standard InChI is InChI=1S/C24H25N5O4S/c1-3-22(30)26-18-9-6-16(7-10-18)23(31)29-12-4-5-19(15-29)27-24-25-14-17-8-11-20(34(2,32)33)13-21(17)28-24/h3,6-11,13-14,19H,1,4-5,12,15H2,2H3,(H,26,30)(H,25,27,28)/t19-/m1/s1. The van der Waals surface area contributed by atoms with Crippen molar-refractivity contribution in [1.82, 2.24) is 14.9 Å². The van der Waals surface area contributed by atoms with Crippen LogP contribution in [0.3, 0.4) is 0 Å². The number of carbonyl (C=O) groups is 2. The minimum atomic E-state index is -3.34. The Kier molecular flexibility index (Phi) is 6.60. The van der Waals surface area contributed by atoms with Crippen LogP contribution in [0.5, 0.6) is 0 Å². The maximum Gasteiger partial charge on any atom is 0.253 e. The molecule has 0 radical (unpaired) electrons. The molecule has 0 saturated carbocycles. The van der Waals surface area contributed by atoms with Gasteiger partial charge in [0.05, 0.1) is 10.4 Å². The molecule has 0 unspecified atom stereocenters. The first-order valence-electron chi connectivity index (χ1n) is 10.8. The van der Waals surface area contributed by atoms with Gasteiger partial charge in [-0.25, -0.2) is 18.4 Å². The van der Waals surface area contributed by atoms with Gasteiger partial charge in [0.2, 0.25) is 11.9 Å². The lowest BCUT2D eigenvalue weighted by Crippen LogP contribution is -2.45. The number of likely N-dealkylation sites (tertiary alicyclic amines) is 1. The zero-order chi connectivity index (χ0) is 24.3. The van der Waals surface area contributed by atoms with Crippen molar-refractivity contribution in [1.29, 1.82) is 0 Å². The highest BCUT2D eigenvalue weighted by molar-refractivity contribution is 7.90. The number of fused-ring (bicyclic) bond motifs is 1. The van der Waals surface area contributed by atoms with Gasteiger partial charge in [-0.15, -0.1) is 0 Å². The highest BCUT2D eigenvalue weighted by Crippen LogP contribution is 2.21. The number of rotatable bonds is 6. The van der Waals surface area contributed by atoms with Crippen molar-refractivity contribution < 1.29 is 18.0 Å². The Bertz CT molecular complexity index is 1360. The van der Waals surface area contributed by atoms with E-state index in [9.17, 15) is 18.0 Å². The summed E-state index contributed by atoms with van der Waals surface area (Å²) < 4.78 is 23.7. The monoisotopic (exact) mass is 479 g/mol. The molecule has 1 fully saturated rings. The molecule has 10 heteroatoms. The predicted octanol–water partition coefficient (Wildman–Crippen LogP) is 2.87. The number of nitrogens with zero attached hydrogens (tertiary/aromatic N) is 3. The van der Waals surface area contributed by atoms with Crippen LogP contribution >= 0.6 is 0 Å². The minimum absolute atomic E-state index is 0.0422. The summed E-state index contributed by atoms with van der Waals surface area (Å²) in [4.78, 5) is 35.2. The Morgan fingerprint density at radius 1 is 1.18 bits per heavy atom. The normalized spacial score (nSPS) is 16.1. The maximum atomic E-state index is 13.0. The van der Waals surface area contributed by atoms with Crippen LogP contribution in [0, 0.1) is 0 Å². The molecule has 2 amide bonds. The van der Waals surface area contributed by atoms with E-state index in [1.807, 2.05) is 0 Å². The molecule has 34 heavy (non-hydrogen) atoms. The Morgan fingerprint density at radius 3 is 2.65 bits per heavy atom. The predicted molar refractivity (Wildman–Crippen MR) is 130 cm³/mol. The maximum absolute atomic E-state index is 13.0. The molecule has 1 atom stereocenters. The summed E-state index contributed by atoms with van der Waals surface area (Å²) in [7, 11) is -3.34. The van der Waals surface area contributed by atoms with Crippen LogP contribution in [0.2, 0.25) is 0 Å². The lowest BCUT2D eigenvalue weighted by Gasteiger charge is -2.33. The van der Waals surface area contributed by atoms with E-state index in [1.54, 1.807) is 47.5 Å². The van der Waals surface area contributed by atoms with Crippen LogP contribution in [-0.2, 0) is 14.6 Å². The first-order chi connectivity index (χ1) is 16.2. The molecule has 176 valence electrons. The quantitative estimate of drug-likeness (QED) is 0.522. The van der Waals surface area contributed by atoms with Crippen LogP contribution in [0.4, 0.5) is 11.6 Å². The minimum Gasteiger partial charge on any atom is -0.350 e. The summed E-state index contributed by atoms with van der Waals surface area (Å²) in [6, 6.07) is 11.5. The highest BCUT2D eigenvalue weighted by Gasteiger charge is 2.25. The second-order valence-electron chi connectivity index (χ2n) is 8.19. The first kappa shape index (κ1) is 23.4. The zero-order valence-electron chi connectivity index (χ0n) is 18.7. The molecule has 1 aromatic heterocycles. The number of aromatic nitrogens is 2. The van der Waals surface area contributed by atoms with Crippen molar-refractivity contribution in [3.63, 3.8) is 0 Å². The molecule has 0 bridgehead atoms. The van der Waals surface area contributed by atoms with Gasteiger partial charge in [-0.3, -0.25) is 9.59 Å². The molecule has 2 heterocycles. The second-order valence-corrected chi connectivity index (χ2v) is 10.2. The van der Waals surface area contributed by atoms with Crippen molar-refractivity contribution >= 4 is 44.2 Å². The number of hydrogen-bond donors (Lipinski definition) is 2. The van der Waals surface area contributed by atoms with E-state index in [-0.39, 0.29) is 22.8 Å². The van der Waals surface area contributed by atoms with Gasteiger partial charge in [-0.2, -0.15) is 0 Å². The summed E-state index contributed by atoms with van der Waals surface area (Å²) in [6.07, 6.45) is 5.66. The smallest absolute Gasteiger partial charge is 0.253 e. The molecule has 1 aliphatic rings. The first-order valence-corrected chi connectivity index (χ1v) is 12.7. The summed E-state index contributed by atoms with van der Waals surface area (Å²) in [6.45, 7) is 4.54. The third kappa shape index (κ3) is 5.40. The Labute approximate surface area is 197 Å². The Balaban J connectivity index is 1.44. The van der Waals surface area contributed by atoms with Crippen LogP contribution in [0.1, 0.15) is 23.2 Å². The molecule has 4 rings (SSSR count). The molecule has 2 aromatic carbocycles. The van der Waals surface area contributed by atoms with Crippen LogP contribution in [0.15, 0.2) is 66.2 Å². The van der Waals surface area contributed by atoms with Crippen molar-refractivity contribution in [3.05, 3.63) is 66.9 Å². The lowest BCUT2D eigenvalue weighted by molar-refractivity contribution is -0.111. The molecule has 2 N–H and O–H groups in total. The average Bonchev–Trinajstić information content (AvgIpc) is 2.83. The van der Waals surface area contributed by atoms with Gasteiger partial charge in [0.25, 0.3) is 5.91 Å². The fourth-order valence-corrected chi connectivity index (χ4v) is 4.48. The number of anilines is 2. The number of nitrogens with one attached hydrogen (secondary N) is 2. The molecule has 0 aliphatic carbocycles. The molecule has 9 nitrogen and oxygen atoms in total. The number of hydrogen-bond acceptors (Lipinski definition) is 7. The number of piperidine rings is 1. The van der Waals surface area contributed by atoms with E-state index >= 15 is 0 Å². The Hall–Kier alpha value is -3.79. The molecular formula is C24H25N5O4S. The van der Waals surface area contributed by atoms with E-state index in [0.29, 0.717) is 35.8 Å². The van der Waals surface area contributed by atoms with Gasteiger partial charge in [0.15, 0.2) is 9.84 Å². The molecular weight excluding hydrogens is 454 g/mol.